The third kappa shape index (κ3) is 4.84. The van der Waals surface area contributed by atoms with Gasteiger partial charge in [0.15, 0.2) is 0 Å². The van der Waals surface area contributed by atoms with E-state index in [1.54, 1.807) is 12.1 Å². The molecular weight excluding hydrogens is 236 g/mol. The van der Waals surface area contributed by atoms with Gasteiger partial charge in [0.25, 0.3) is 0 Å². The van der Waals surface area contributed by atoms with Gasteiger partial charge in [0, 0.05) is 6.04 Å². The van der Waals surface area contributed by atoms with Gasteiger partial charge in [0.05, 0.1) is 0 Å². The first kappa shape index (κ1) is 14.6. The predicted molar refractivity (Wildman–Crippen MR) is 68.9 cm³/mol. The highest BCUT2D eigenvalue weighted by Gasteiger charge is 2.11. The van der Waals surface area contributed by atoms with E-state index in [0.29, 0.717) is 0 Å². The summed E-state index contributed by atoms with van der Waals surface area (Å²) in [6, 6.07) is 6.96. The van der Waals surface area contributed by atoms with Crippen molar-refractivity contribution in [1.29, 1.82) is 0 Å². The molecule has 1 N–H and O–H groups in total. The summed E-state index contributed by atoms with van der Waals surface area (Å²) in [4.78, 5) is 0. The molecule has 1 unspecified atom stereocenters. The maximum Gasteiger partial charge on any atom is 0.387 e. The standard InChI is InChI=1S/C14H19F2NO/c1-3-5-9-13(17-4-2)11-7-6-8-12(10-11)18-14(15)16/h3,6-8,10,13-14,17H,1,4-5,9H2,2H3. The van der Waals surface area contributed by atoms with Crippen molar-refractivity contribution >= 4 is 0 Å². The van der Waals surface area contributed by atoms with Gasteiger partial charge in [-0.3, -0.25) is 0 Å². The minimum absolute atomic E-state index is 0.134. The number of rotatable bonds is 8. The van der Waals surface area contributed by atoms with E-state index < -0.39 is 6.61 Å². The molecule has 0 saturated carbocycles. The average molecular weight is 255 g/mol. The van der Waals surface area contributed by atoms with Crippen molar-refractivity contribution < 1.29 is 13.5 Å². The second-order valence-corrected chi connectivity index (χ2v) is 3.93. The molecule has 0 bridgehead atoms. The number of hydrogen-bond acceptors (Lipinski definition) is 2. The van der Waals surface area contributed by atoms with E-state index in [1.807, 2.05) is 19.1 Å². The van der Waals surface area contributed by atoms with Gasteiger partial charge in [0.1, 0.15) is 5.75 Å². The van der Waals surface area contributed by atoms with Crippen molar-refractivity contribution in [1.82, 2.24) is 5.32 Å². The molecule has 0 fully saturated rings. The van der Waals surface area contributed by atoms with Crippen LogP contribution in [0.5, 0.6) is 5.75 Å². The largest absolute Gasteiger partial charge is 0.435 e. The van der Waals surface area contributed by atoms with E-state index >= 15 is 0 Å². The minimum atomic E-state index is -2.79. The molecule has 0 aromatic heterocycles. The van der Waals surface area contributed by atoms with Gasteiger partial charge in [0.2, 0.25) is 0 Å². The highest BCUT2D eigenvalue weighted by atomic mass is 19.3. The van der Waals surface area contributed by atoms with Crippen LogP contribution < -0.4 is 10.1 Å². The molecule has 0 heterocycles. The molecule has 2 nitrogen and oxygen atoms in total. The van der Waals surface area contributed by atoms with Gasteiger partial charge in [-0.05, 0) is 37.1 Å². The second-order valence-electron chi connectivity index (χ2n) is 3.93. The van der Waals surface area contributed by atoms with Crippen molar-refractivity contribution in [2.45, 2.75) is 32.4 Å². The first-order valence-electron chi connectivity index (χ1n) is 6.06. The Morgan fingerprint density at radius 2 is 2.22 bits per heavy atom. The first-order valence-corrected chi connectivity index (χ1v) is 6.06. The van der Waals surface area contributed by atoms with Crippen LogP contribution in [-0.2, 0) is 0 Å². The Labute approximate surface area is 107 Å². The summed E-state index contributed by atoms with van der Waals surface area (Å²) in [6.07, 6.45) is 3.61. The Morgan fingerprint density at radius 3 is 2.83 bits per heavy atom. The summed E-state index contributed by atoms with van der Waals surface area (Å²) in [7, 11) is 0. The van der Waals surface area contributed by atoms with Gasteiger partial charge in [-0.25, -0.2) is 0 Å². The SMILES string of the molecule is C=CCCC(NCC)c1cccc(OC(F)F)c1. The van der Waals surface area contributed by atoms with Crippen molar-refractivity contribution in [3.63, 3.8) is 0 Å². The third-order valence-corrected chi connectivity index (χ3v) is 2.60. The van der Waals surface area contributed by atoms with Gasteiger partial charge < -0.3 is 10.1 Å². The van der Waals surface area contributed by atoms with E-state index in [0.717, 1.165) is 24.9 Å². The van der Waals surface area contributed by atoms with Gasteiger partial charge >= 0.3 is 6.61 Å². The van der Waals surface area contributed by atoms with E-state index in [2.05, 4.69) is 16.6 Å². The summed E-state index contributed by atoms with van der Waals surface area (Å²) in [6.45, 7) is 3.74. The summed E-state index contributed by atoms with van der Waals surface area (Å²) in [5.74, 6) is 0.198. The predicted octanol–water partition coefficient (Wildman–Crippen LogP) is 3.90. The lowest BCUT2D eigenvalue weighted by Crippen LogP contribution is -2.20. The molecule has 100 valence electrons. The lowest BCUT2D eigenvalue weighted by molar-refractivity contribution is -0.0499. The van der Waals surface area contributed by atoms with E-state index in [1.165, 1.54) is 6.07 Å². The second kappa shape index (κ2) is 7.82. The van der Waals surface area contributed by atoms with Gasteiger partial charge in [-0.15, -0.1) is 6.58 Å². The Kier molecular flexibility index (Phi) is 6.36. The smallest absolute Gasteiger partial charge is 0.387 e. The molecule has 0 saturated heterocycles. The Bertz CT molecular complexity index is 369. The van der Waals surface area contributed by atoms with E-state index in [9.17, 15) is 8.78 Å². The fourth-order valence-electron chi connectivity index (χ4n) is 1.82. The van der Waals surface area contributed by atoms with Crippen LogP contribution in [-0.4, -0.2) is 13.2 Å². The van der Waals surface area contributed by atoms with Crippen LogP contribution in [0.2, 0.25) is 0 Å². The third-order valence-electron chi connectivity index (χ3n) is 2.60. The van der Waals surface area contributed by atoms with Crippen LogP contribution in [0.15, 0.2) is 36.9 Å². The van der Waals surface area contributed by atoms with E-state index in [4.69, 9.17) is 0 Å². The minimum Gasteiger partial charge on any atom is -0.435 e. The van der Waals surface area contributed by atoms with Gasteiger partial charge in [-0.2, -0.15) is 8.78 Å². The van der Waals surface area contributed by atoms with Crippen molar-refractivity contribution in [2.24, 2.45) is 0 Å². The Hall–Kier alpha value is -1.42. The molecule has 0 amide bonds. The number of ether oxygens (including phenoxy) is 1. The topological polar surface area (TPSA) is 21.3 Å². The molecule has 18 heavy (non-hydrogen) atoms. The van der Waals surface area contributed by atoms with Crippen LogP contribution in [0.3, 0.4) is 0 Å². The lowest BCUT2D eigenvalue weighted by Gasteiger charge is -2.18. The fourth-order valence-corrected chi connectivity index (χ4v) is 1.82. The molecule has 0 radical (unpaired) electrons. The molecule has 0 aliphatic carbocycles. The highest BCUT2D eigenvalue weighted by Crippen LogP contribution is 2.23. The number of hydrogen-bond donors (Lipinski definition) is 1. The zero-order valence-electron chi connectivity index (χ0n) is 10.5. The number of nitrogens with one attached hydrogen (secondary N) is 1. The quantitative estimate of drug-likeness (QED) is 0.711. The number of alkyl halides is 2. The average Bonchev–Trinajstić information content (AvgIpc) is 2.34. The molecule has 1 aromatic rings. The summed E-state index contributed by atoms with van der Waals surface area (Å²) in [5.41, 5.74) is 0.955. The summed E-state index contributed by atoms with van der Waals surface area (Å²) in [5, 5.41) is 3.32. The maximum atomic E-state index is 12.2. The number of allylic oxidation sites excluding steroid dienone is 1. The highest BCUT2D eigenvalue weighted by molar-refractivity contribution is 5.30. The van der Waals surface area contributed by atoms with Crippen LogP contribution in [0.4, 0.5) is 8.78 Å². The summed E-state index contributed by atoms with van der Waals surface area (Å²) >= 11 is 0. The molecular formula is C14H19F2NO. The van der Waals surface area contributed by atoms with Crippen LogP contribution >= 0.6 is 0 Å². The van der Waals surface area contributed by atoms with Crippen molar-refractivity contribution in [2.75, 3.05) is 6.54 Å². The molecule has 1 rings (SSSR count). The fraction of sp³-hybridized carbons (Fsp3) is 0.429. The van der Waals surface area contributed by atoms with Crippen molar-refractivity contribution in [3.8, 4) is 5.75 Å². The Morgan fingerprint density at radius 1 is 1.44 bits per heavy atom. The first-order chi connectivity index (χ1) is 8.67. The molecule has 1 aromatic carbocycles. The zero-order chi connectivity index (χ0) is 13.4. The Balaban J connectivity index is 2.79. The van der Waals surface area contributed by atoms with Crippen molar-refractivity contribution in [3.05, 3.63) is 42.5 Å². The molecule has 1 atom stereocenters. The molecule has 0 aliphatic rings. The normalized spacial score (nSPS) is 12.4. The number of halogens is 2. The summed E-state index contributed by atoms with van der Waals surface area (Å²) < 4.78 is 28.7. The van der Waals surface area contributed by atoms with Crippen LogP contribution in [0.1, 0.15) is 31.4 Å². The zero-order valence-corrected chi connectivity index (χ0v) is 10.5. The van der Waals surface area contributed by atoms with Crippen LogP contribution in [0, 0.1) is 0 Å². The lowest BCUT2D eigenvalue weighted by atomic mass is 10.0. The molecule has 4 heteroatoms. The maximum absolute atomic E-state index is 12.2. The molecule has 0 aliphatic heterocycles. The number of benzene rings is 1. The van der Waals surface area contributed by atoms with E-state index in [-0.39, 0.29) is 11.8 Å². The molecule has 0 spiro atoms. The van der Waals surface area contributed by atoms with Crippen LogP contribution in [0.25, 0.3) is 0 Å². The van der Waals surface area contributed by atoms with Gasteiger partial charge in [-0.1, -0.05) is 25.1 Å². The monoisotopic (exact) mass is 255 g/mol.